The van der Waals surface area contributed by atoms with Gasteiger partial charge >= 0.3 is 11.9 Å². The van der Waals surface area contributed by atoms with Crippen LogP contribution in [0.5, 0.6) is 0 Å². The lowest BCUT2D eigenvalue weighted by Gasteiger charge is -1.95. The highest BCUT2D eigenvalue weighted by molar-refractivity contribution is 5.89. The van der Waals surface area contributed by atoms with Crippen LogP contribution in [0, 0.1) is 11.8 Å². The molecule has 0 bridgehead atoms. The van der Waals surface area contributed by atoms with Crippen molar-refractivity contribution in [2.75, 3.05) is 13.7 Å². The highest BCUT2D eigenvalue weighted by atomic mass is 16.5. The number of esters is 2. The number of hydrogen-bond acceptors (Lipinski definition) is 4. The predicted octanol–water partition coefficient (Wildman–Crippen LogP) is 1.79. The van der Waals surface area contributed by atoms with Crippen molar-refractivity contribution < 1.29 is 19.1 Å². The molecule has 0 aliphatic heterocycles. The van der Waals surface area contributed by atoms with E-state index in [-0.39, 0.29) is 0 Å². The third-order valence-electron chi connectivity index (χ3n) is 2.11. The molecule has 4 nitrogen and oxygen atoms in total. The van der Waals surface area contributed by atoms with Crippen LogP contribution in [0.4, 0.5) is 0 Å². The lowest BCUT2D eigenvalue weighted by molar-refractivity contribution is -0.136. The normalized spacial score (nSPS) is 9.58. The minimum Gasteiger partial charge on any atom is -0.466 e. The first kappa shape index (κ1) is 14.5. The molecular formula is C15H14O4. The van der Waals surface area contributed by atoms with Crippen LogP contribution < -0.4 is 0 Å². The van der Waals surface area contributed by atoms with E-state index in [0.717, 1.165) is 5.56 Å². The molecule has 0 atom stereocenters. The highest BCUT2D eigenvalue weighted by Gasteiger charge is 1.94. The fourth-order valence-electron chi connectivity index (χ4n) is 1.20. The largest absolute Gasteiger partial charge is 0.466 e. The van der Waals surface area contributed by atoms with Gasteiger partial charge in [-0.2, -0.15) is 0 Å². The van der Waals surface area contributed by atoms with Crippen molar-refractivity contribution in [1.29, 1.82) is 0 Å². The number of hydrogen-bond donors (Lipinski definition) is 0. The fraction of sp³-hybridized carbons (Fsp3) is 0.200. The molecule has 0 amide bonds. The highest BCUT2D eigenvalue weighted by Crippen LogP contribution is 2.05. The van der Waals surface area contributed by atoms with E-state index in [1.165, 1.54) is 13.2 Å². The summed E-state index contributed by atoms with van der Waals surface area (Å²) in [5.74, 6) is 4.11. The van der Waals surface area contributed by atoms with Crippen LogP contribution in [0.15, 0.2) is 30.3 Å². The molecule has 0 spiro atoms. The second-order valence-corrected chi connectivity index (χ2v) is 3.45. The molecule has 0 aliphatic rings. The van der Waals surface area contributed by atoms with Gasteiger partial charge in [0, 0.05) is 17.6 Å². The Bertz CT molecular complexity index is 530. The van der Waals surface area contributed by atoms with Gasteiger partial charge in [0.15, 0.2) is 0 Å². The zero-order valence-electron chi connectivity index (χ0n) is 10.8. The first-order valence-electron chi connectivity index (χ1n) is 5.70. The molecule has 0 saturated carbocycles. The summed E-state index contributed by atoms with van der Waals surface area (Å²) in [5, 5.41) is 0. The molecular weight excluding hydrogens is 244 g/mol. The Morgan fingerprint density at radius 1 is 1.26 bits per heavy atom. The molecule has 0 aromatic heterocycles. The Kier molecular flexibility index (Phi) is 5.90. The third-order valence-corrected chi connectivity index (χ3v) is 2.11. The Morgan fingerprint density at radius 2 is 1.95 bits per heavy atom. The van der Waals surface area contributed by atoms with Crippen molar-refractivity contribution >= 4 is 18.0 Å². The zero-order valence-corrected chi connectivity index (χ0v) is 10.8. The van der Waals surface area contributed by atoms with E-state index < -0.39 is 11.9 Å². The maximum Gasteiger partial charge on any atom is 0.384 e. The van der Waals surface area contributed by atoms with Crippen LogP contribution in [0.2, 0.25) is 0 Å². The number of ether oxygens (including phenoxy) is 2. The van der Waals surface area contributed by atoms with Gasteiger partial charge in [-0.1, -0.05) is 18.1 Å². The standard InChI is InChI=1S/C15H14O4/c1-3-19-15(17)11-9-13-6-4-12(5-7-13)8-10-14(16)18-2/h4-8,10H,3H2,1-2H3/b10-8+. The van der Waals surface area contributed by atoms with Crippen molar-refractivity contribution in [2.45, 2.75) is 6.92 Å². The fourth-order valence-corrected chi connectivity index (χ4v) is 1.20. The molecule has 1 aromatic carbocycles. The summed E-state index contributed by atoms with van der Waals surface area (Å²) in [6.07, 6.45) is 2.97. The van der Waals surface area contributed by atoms with Gasteiger partial charge in [0.25, 0.3) is 0 Å². The second kappa shape index (κ2) is 7.72. The van der Waals surface area contributed by atoms with E-state index in [2.05, 4.69) is 21.3 Å². The van der Waals surface area contributed by atoms with Gasteiger partial charge in [0.2, 0.25) is 0 Å². The lowest BCUT2D eigenvalue weighted by atomic mass is 10.1. The van der Waals surface area contributed by atoms with Gasteiger partial charge in [-0.3, -0.25) is 0 Å². The van der Waals surface area contributed by atoms with Crippen molar-refractivity contribution in [1.82, 2.24) is 0 Å². The SMILES string of the molecule is CCOC(=O)C#Cc1ccc(/C=C/C(=O)OC)cc1. The summed E-state index contributed by atoms with van der Waals surface area (Å²) in [6, 6.07) is 7.08. The summed E-state index contributed by atoms with van der Waals surface area (Å²) in [7, 11) is 1.32. The Balaban J connectivity index is 2.69. The third kappa shape index (κ3) is 5.55. The first-order valence-corrected chi connectivity index (χ1v) is 5.70. The van der Waals surface area contributed by atoms with Gasteiger partial charge in [-0.25, -0.2) is 9.59 Å². The van der Waals surface area contributed by atoms with Crippen molar-refractivity contribution in [3.05, 3.63) is 41.5 Å². The van der Waals surface area contributed by atoms with Crippen LogP contribution in [-0.2, 0) is 19.1 Å². The number of carbonyl (C=O) groups is 2. The average molecular weight is 258 g/mol. The molecule has 0 N–H and O–H groups in total. The maximum absolute atomic E-state index is 11.0. The van der Waals surface area contributed by atoms with Crippen LogP contribution in [-0.4, -0.2) is 25.7 Å². The van der Waals surface area contributed by atoms with Crippen LogP contribution in [0.1, 0.15) is 18.1 Å². The smallest absolute Gasteiger partial charge is 0.384 e. The molecule has 98 valence electrons. The number of benzene rings is 1. The summed E-state index contributed by atoms with van der Waals surface area (Å²) < 4.78 is 9.17. The van der Waals surface area contributed by atoms with Gasteiger partial charge in [0.05, 0.1) is 13.7 Å². The summed E-state index contributed by atoms with van der Waals surface area (Å²) in [6.45, 7) is 2.03. The van der Waals surface area contributed by atoms with Crippen LogP contribution >= 0.6 is 0 Å². The van der Waals surface area contributed by atoms with E-state index in [4.69, 9.17) is 0 Å². The Morgan fingerprint density at radius 3 is 2.53 bits per heavy atom. The quantitative estimate of drug-likeness (QED) is 0.471. The maximum atomic E-state index is 11.0. The van der Waals surface area contributed by atoms with E-state index in [0.29, 0.717) is 12.2 Å². The van der Waals surface area contributed by atoms with Crippen molar-refractivity contribution in [3.63, 3.8) is 0 Å². The van der Waals surface area contributed by atoms with Crippen molar-refractivity contribution in [3.8, 4) is 11.8 Å². The Hall–Kier alpha value is -2.54. The van der Waals surface area contributed by atoms with Crippen LogP contribution in [0.3, 0.4) is 0 Å². The molecule has 1 aromatic rings. The minimum absolute atomic E-state index is 0.310. The minimum atomic E-state index is -0.544. The van der Waals surface area contributed by atoms with Crippen molar-refractivity contribution in [2.24, 2.45) is 0 Å². The number of methoxy groups -OCH3 is 1. The second-order valence-electron chi connectivity index (χ2n) is 3.45. The van der Waals surface area contributed by atoms with E-state index in [1.54, 1.807) is 37.3 Å². The predicted molar refractivity (Wildman–Crippen MR) is 71.0 cm³/mol. The van der Waals surface area contributed by atoms with Gasteiger partial charge in [-0.15, -0.1) is 0 Å². The summed E-state index contributed by atoms with van der Waals surface area (Å²) >= 11 is 0. The molecule has 0 unspecified atom stereocenters. The van der Waals surface area contributed by atoms with Crippen LogP contribution in [0.25, 0.3) is 6.08 Å². The van der Waals surface area contributed by atoms with E-state index in [9.17, 15) is 9.59 Å². The lowest BCUT2D eigenvalue weighted by Crippen LogP contribution is -1.99. The van der Waals surface area contributed by atoms with Gasteiger partial charge in [0.1, 0.15) is 0 Å². The summed E-state index contributed by atoms with van der Waals surface area (Å²) in [4.78, 5) is 21.9. The van der Waals surface area contributed by atoms with E-state index >= 15 is 0 Å². The summed E-state index contributed by atoms with van der Waals surface area (Å²) in [5.41, 5.74) is 1.54. The average Bonchev–Trinajstić information content (AvgIpc) is 2.44. The number of rotatable bonds is 3. The zero-order chi connectivity index (χ0) is 14.1. The molecule has 0 saturated heterocycles. The van der Waals surface area contributed by atoms with Gasteiger partial charge in [-0.05, 0) is 30.7 Å². The van der Waals surface area contributed by atoms with E-state index in [1.807, 2.05) is 0 Å². The topological polar surface area (TPSA) is 52.6 Å². The molecule has 0 heterocycles. The molecule has 1 rings (SSSR count). The molecule has 0 fully saturated rings. The molecule has 0 aliphatic carbocycles. The van der Waals surface area contributed by atoms with Gasteiger partial charge < -0.3 is 9.47 Å². The monoisotopic (exact) mass is 258 g/mol. The number of carbonyl (C=O) groups excluding carboxylic acids is 2. The molecule has 0 radical (unpaired) electrons. The molecule has 4 heteroatoms. The molecule has 19 heavy (non-hydrogen) atoms. The Labute approximate surface area is 112 Å². The first-order chi connectivity index (χ1) is 9.15.